The maximum Gasteiger partial charge on any atom is 0.264 e. The lowest BCUT2D eigenvalue weighted by Gasteiger charge is -1.99. The Labute approximate surface area is 74.6 Å². The highest BCUT2D eigenvalue weighted by molar-refractivity contribution is 7.85. The van der Waals surface area contributed by atoms with E-state index in [0.29, 0.717) is 6.61 Å². The molecule has 0 rings (SSSR count). The molecule has 0 N–H and O–H groups in total. The average Bonchev–Trinajstić information content (AvgIpc) is 1.94. The van der Waals surface area contributed by atoms with Crippen LogP contribution in [0.4, 0.5) is 0 Å². The third-order valence-corrected chi connectivity index (χ3v) is 1.94. The molecule has 0 aliphatic rings. The number of rotatable bonds is 7. The molecule has 0 bridgehead atoms. The fourth-order valence-electron chi connectivity index (χ4n) is 0.778. The second kappa shape index (κ2) is 6.20. The maximum atomic E-state index is 10.5. The van der Waals surface area contributed by atoms with E-state index in [1.54, 1.807) is 0 Å². The molecule has 0 radical (unpaired) electrons. The lowest BCUT2D eigenvalue weighted by molar-refractivity contribution is 0.310. The Hall–Kier alpha value is -0.350. The lowest BCUT2D eigenvalue weighted by atomic mass is 10.2. The molecule has 0 aromatic heterocycles. The van der Waals surface area contributed by atoms with E-state index in [0.717, 1.165) is 31.9 Å². The van der Waals surface area contributed by atoms with Crippen molar-refractivity contribution in [1.29, 1.82) is 0 Å². The Morgan fingerprint density at radius 3 is 2.50 bits per heavy atom. The minimum absolute atomic E-state index is 0.302. The normalized spacial score (nSPS) is 11.4. The lowest BCUT2D eigenvalue weighted by Crippen LogP contribution is -2.03. The van der Waals surface area contributed by atoms with E-state index in [-0.39, 0.29) is 0 Å². The van der Waals surface area contributed by atoms with Gasteiger partial charge in [0, 0.05) is 0 Å². The molecule has 0 spiro atoms. The summed E-state index contributed by atoms with van der Waals surface area (Å²) in [6, 6.07) is 0. The molecule has 0 aliphatic heterocycles. The minimum Gasteiger partial charge on any atom is -0.270 e. The van der Waals surface area contributed by atoms with Crippen molar-refractivity contribution >= 4 is 10.1 Å². The quantitative estimate of drug-likeness (QED) is 0.350. The predicted octanol–water partition coefficient (Wildman–Crippen LogP) is 1.71. The topological polar surface area (TPSA) is 43.4 Å². The van der Waals surface area contributed by atoms with Crippen LogP contribution >= 0.6 is 0 Å². The molecule has 0 saturated heterocycles. The van der Waals surface area contributed by atoms with Gasteiger partial charge in [-0.15, -0.1) is 6.58 Å². The van der Waals surface area contributed by atoms with E-state index in [2.05, 4.69) is 10.8 Å². The van der Waals surface area contributed by atoms with Crippen molar-refractivity contribution in [2.24, 2.45) is 0 Å². The van der Waals surface area contributed by atoms with Gasteiger partial charge in [-0.2, -0.15) is 8.42 Å². The Morgan fingerprint density at radius 2 is 2.00 bits per heavy atom. The van der Waals surface area contributed by atoms with Crippen LogP contribution in [-0.2, 0) is 14.3 Å². The van der Waals surface area contributed by atoms with Crippen molar-refractivity contribution in [3.05, 3.63) is 12.7 Å². The Kier molecular flexibility index (Phi) is 6.02. The largest absolute Gasteiger partial charge is 0.270 e. The van der Waals surface area contributed by atoms with E-state index in [1.807, 2.05) is 6.08 Å². The van der Waals surface area contributed by atoms with Gasteiger partial charge in [0.2, 0.25) is 0 Å². The molecule has 4 heteroatoms. The smallest absolute Gasteiger partial charge is 0.264 e. The summed E-state index contributed by atoms with van der Waals surface area (Å²) in [7, 11) is -3.24. The first-order valence-electron chi connectivity index (χ1n) is 4.01. The molecule has 12 heavy (non-hydrogen) atoms. The number of hydrogen-bond acceptors (Lipinski definition) is 3. The summed E-state index contributed by atoms with van der Waals surface area (Å²) in [4.78, 5) is 0. The third-order valence-electron chi connectivity index (χ3n) is 1.35. The highest BCUT2D eigenvalue weighted by Gasteiger charge is 1.99. The number of allylic oxidation sites excluding steroid dienone is 1. The fourth-order valence-corrected chi connectivity index (χ4v) is 1.20. The molecule has 72 valence electrons. The van der Waals surface area contributed by atoms with Crippen LogP contribution in [0.5, 0.6) is 0 Å². The van der Waals surface area contributed by atoms with Crippen LogP contribution in [-0.4, -0.2) is 21.3 Å². The third kappa shape index (κ3) is 9.65. The molecule has 0 fully saturated rings. The van der Waals surface area contributed by atoms with Crippen molar-refractivity contribution in [3.8, 4) is 0 Å². The molecule has 0 amide bonds. The van der Waals surface area contributed by atoms with Gasteiger partial charge in [-0.05, 0) is 19.3 Å². The Balaban J connectivity index is 3.17. The van der Waals surface area contributed by atoms with Gasteiger partial charge in [-0.25, -0.2) is 0 Å². The first-order valence-corrected chi connectivity index (χ1v) is 5.83. The first kappa shape index (κ1) is 11.6. The molecule has 0 aromatic rings. The van der Waals surface area contributed by atoms with Crippen molar-refractivity contribution in [3.63, 3.8) is 0 Å². The van der Waals surface area contributed by atoms with E-state index in [9.17, 15) is 8.42 Å². The zero-order valence-corrected chi connectivity index (χ0v) is 8.27. The second-order valence-electron chi connectivity index (χ2n) is 2.66. The Bertz CT molecular complexity index is 206. The zero-order valence-electron chi connectivity index (χ0n) is 7.45. The van der Waals surface area contributed by atoms with Crippen LogP contribution in [0.25, 0.3) is 0 Å². The van der Waals surface area contributed by atoms with Crippen LogP contribution in [0.3, 0.4) is 0 Å². The standard InChI is InChI=1S/C8H16O3S/c1-3-4-5-6-7-8-11-12(2,9)10/h3H,1,4-8H2,2H3. The van der Waals surface area contributed by atoms with Crippen molar-refractivity contribution in [2.75, 3.05) is 12.9 Å². The summed E-state index contributed by atoms with van der Waals surface area (Å²) < 4.78 is 25.5. The molecule has 0 unspecified atom stereocenters. The highest BCUT2D eigenvalue weighted by Crippen LogP contribution is 2.01. The molecule has 0 aliphatic carbocycles. The van der Waals surface area contributed by atoms with Crippen molar-refractivity contribution in [1.82, 2.24) is 0 Å². The molecule has 0 heterocycles. The average molecular weight is 192 g/mol. The summed E-state index contributed by atoms with van der Waals surface area (Å²) in [5, 5.41) is 0. The molecule has 0 aromatic carbocycles. The molecular weight excluding hydrogens is 176 g/mol. The van der Waals surface area contributed by atoms with Crippen molar-refractivity contribution < 1.29 is 12.6 Å². The summed E-state index contributed by atoms with van der Waals surface area (Å²) in [6.45, 7) is 3.89. The van der Waals surface area contributed by atoms with Crippen LogP contribution in [0.1, 0.15) is 25.7 Å². The SMILES string of the molecule is C=CCCCCCOS(C)(=O)=O. The summed E-state index contributed by atoms with van der Waals surface area (Å²) in [6.07, 6.45) is 6.74. The first-order chi connectivity index (χ1) is 5.56. The predicted molar refractivity (Wildman–Crippen MR) is 49.5 cm³/mol. The second-order valence-corrected chi connectivity index (χ2v) is 4.31. The summed E-state index contributed by atoms with van der Waals surface area (Å²) in [5.74, 6) is 0. The fraction of sp³-hybridized carbons (Fsp3) is 0.750. The molecular formula is C8H16O3S. The van der Waals surface area contributed by atoms with Crippen LogP contribution in [0.15, 0.2) is 12.7 Å². The van der Waals surface area contributed by atoms with E-state index < -0.39 is 10.1 Å². The summed E-state index contributed by atoms with van der Waals surface area (Å²) in [5.41, 5.74) is 0. The van der Waals surface area contributed by atoms with Gasteiger partial charge in [0.1, 0.15) is 0 Å². The van der Waals surface area contributed by atoms with Gasteiger partial charge in [0.05, 0.1) is 12.9 Å². The van der Waals surface area contributed by atoms with Gasteiger partial charge in [-0.1, -0.05) is 12.5 Å². The zero-order chi connectivity index (χ0) is 9.45. The monoisotopic (exact) mass is 192 g/mol. The minimum atomic E-state index is -3.24. The van der Waals surface area contributed by atoms with Crippen LogP contribution in [0.2, 0.25) is 0 Å². The summed E-state index contributed by atoms with van der Waals surface area (Å²) >= 11 is 0. The van der Waals surface area contributed by atoms with Gasteiger partial charge >= 0.3 is 0 Å². The van der Waals surface area contributed by atoms with Gasteiger partial charge < -0.3 is 0 Å². The van der Waals surface area contributed by atoms with Gasteiger partial charge in [0.25, 0.3) is 10.1 Å². The Morgan fingerprint density at radius 1 is 1.33 bits per heavy atom. The maximum absolute atomic E-state index is 10.5. The molecule has 0 saturated carbocycles. The van der Waals surface area contributed by atoms with E-state index in [4.69, 9.17) is 0 Å². The number of hydrogen-bond donors (Lipinski definition) is 0. The van der Waals surface area contributed by atoms with Crippen molar-refractivity contribution in [2.45, 2.75) is 25.7 Å². The van der Waals surface area contributed by atoms with Crippen LogP contribution < -0.4 is 0 Å². The number of unbranched alkanes of at least 4 members (excludes halogenated alkanes) is 3. The van der Waals surface area contributed by atoms with Gasteiger partial charge in [0.15, 0.2) is 0 Å². The van der Waals surface area contributed by atoms with Gasteiger partial charge in [-0.3, -0.25) is 4.18 Å². The molecule has 3 nitrogen and oxygen atoms in total. The van der Waals surface area contributed by atoms with E-state index >= 15 is 0 Å². The highest BCUT2D eigenvalue weighted by atomic mass is 32.2. The van der Waals surface area contributed by atoms with Crippen LogP contribution in [0, 0.1) is 0 Å². The van der Waals surface area contributed by atoms with E-state index in [1.165, 1.54) is 0 Å². The molecule has 0 atom stereocenters.